The number of ether oxygens (including phenoxy) is 1. The van der Waals surface area contributed by atoms with Crippen molar-refractivity contribution in [2.75, 3.05) is 13.2 Å². The average Bonchev–Trinajstić information content (AvgIpc) is 2.26. The van der Waals surface area contributed by atoms with Crippen molar-refractivity contribution < 1.29 is 22.7 Å². The average molecular weight is 281 g/mol. The minimum absolute atomic E-state index is 0.0915. The van der Waals surface area contributed by atoms with Crippen molar-refractivity contribution >= 4 is 17.4 Å². The summed E-state index contributed by atoms with van der Waals surface area (Å²) in [5, 5.41) is 0.429. The van der Waals surface area contributed by atoms with E-state index in [1.807, 2.05) is 0 Å². The van der Waals surface area contributed by atoms with E-state index < -0.39 is 12.6 Å². The van der Waals surface area contributed by atoms with E-state index in [4.69, 9.17) is 16.3 Å². The molecule has 0 aliphatic heterocycles. The molecule has 1 aromatic rings. The van der Waals surface area contributed by atoms with Gasteiger partial charge in [-0.25, -0.2) is 0 Å². The highest BCUT2D eigenvalue weighted by molar-refractivity contribution is 6.31. The second-order valence-corrected chi connectivity index (χ2v) is 4.14. The van der Waals surface area contributed by atoms with Crippen LogP contribution in [0.15, 0.2) is 24.3 Å². The number of carbonyl (C=O) groups excluding carboxylic acids is 1. The zero-order valence-electron chi connectivity index (χ0n) is 9.47. The molecule has 6 heteroatoms. The van der Waals surface area contributed by atoms with Gasteiger partial charge in [0.25, 0.3) is 0 Å². The SMILES string of the molecule is O=C(COCCCC(F)(F)F)c1cccc(Cl)c1. The van der Waals surface area contributed by atoms with Crippen LogP contribution in [0.4, 0.5) is 13.2 Å². The van der Waals surface area contributed by atoms with E-state index >= 15 is 0 Å². The third-order valence-electron chi connectivity index (χ3n) is 2.13. The zero-order valence-corrected chi connectivity index (χ0v) is 10.2. The van der Waals surface area contributed by atoms with Gasteiger partial charge in [-0.3, -0.25) is 4.79 Å². The first-order valence-electron chi connectivity index (χ1n) is 5.32. The summed E-state index contributed by atoms with van der Waals surface area (Å²) in [7, 11) is 0. The van der Waals surface area contributed by atoms with E-state index in [-0.39, 0.29) is 25.4 Å². The lowest BCUT2D eigenvalue weighted by atomic mass is 10.1. The van der Waals surface area contributed by atoms with E-state index in [1.54, 1.807) is 18.2 Å². The number of ketones is 1. The molecule has 100 valence electrons. The Morgan fingerprint density at radius 2 is 2.06 bits per heavy atom. The molecule has 0 heterocycles. The van der Waals surface area contributed by atoms with Crippen molar-refractivity contribution in [3.8, 4) is 0 Å². The molecule has 0 aliphatic carbocycles. The summed E-state index contributed by atoms with van der Waals surface area (Å²) in [5.74, 6) is -0.301. The molecule has 0 saturated heterocycles. The summed E-state index contributed by atoms with van der Waals surface area (Å²) in [6.45, 7) is -0.329. The number of Topliss-reactive ketones (excluding diaryl/α,β-unsaturated/α-hetero) is 1. The number of carbonyl (C=O) groups is 1. The van der Waals surface area contributed by atoms with Gasteiger partial charge in [0.2, 0.25) is 0 Å². The molecule has 2 nitrogen and oxygen atoms in total. The lowest BCUT2D eigenvalue weighted by Crippen LogP contribution is -2.12. The number of hydrogen-bond acceptors (Lipinski definition) is 2. The molecule has 1 aromatic carbocycles. The third-order valence-corrected chi connectivity index (χ3v) is 2.36. The van der Waals surface area contributed by atoms with Crippen LogP contribution in [0, 0.1) is 0 Å². The van der Waals surface area contributed by atoms with Crippen molar-refractivity contribution in [1.82, 2.24) is 0 Å². The van der Waals surface area contributed by atoms with Crippen LogP contribution in [0.1, 0.15) is 23.2 Å². The smallest absolute Gasteiger partial charge is 0.373 e. The normalized spacial score (nSPS) is 11.6. The van der Waals surface area contributed by atoms with Crippen LogP contribution in [0.2, 0.25) is 5.02 Å². The zero-order chi connectivity index (χ0) is 13.6. The monoisotopic (exact) mass is 280 g/mol. The maximum atomic E-state index is 11.8. The summed E-state index contributed by atoms with van der Waals surface area (Å²) in [5.41, 5.74) is 0.387. The van der Waals surface area contributed by atoms with Gasteiger partial charge in [-0.05, 0) is 18.6 Å². The largest absolute Gasteiger partial charge is 0.389 e. The van der Waals surface area contributed by atoms with Crippen LogP contribution in [0.5, 0.6) is 0 Å². The van der Waals surface area contributed by atoms with E-state index in [9.17, 15) is 18.0 Å². The first kappa shape index (κ1) is 15.0. The van der Waals surface area contributed by atoms with Gasteiger partial charge in [-0.15, -0.1) is 0 Å². The van der Waals surface area contributed by atoms with Gasteiger partial charge < -0.3 is 4.74 Å². The Balaban J connectivity index is 2.26. The maximum absolute atomic E-state index is 11.8. The number of benzene rings is 1. The second-order valence-electron chi connectivity index (χ2n) is 3.70. The van der Waals surface area contributed by atoms with Crippen LogP contribution in [0.25, 0.3) is 0 Å². The molecular weight excluding hydrogens is 269 g/mol. The van der Waals surface area contributed by atoms with Crippen LogP contribution >= 0.6 is 11.6 Å². The molecule has 0 aliphatic rings. The molecule has 0 N–H and O–H groups in total. The number of halogens is 4. The van der Waals surface area contributed by atoms with Crippen molar-refractivity contribution in [1.29, 1.82) is 0 Å². The molecule has 0 atom stereocenters. The third kappa shape index (κ3) is 6.02. The summed E-state index contributed by atoms with van der Waals surface area (Å²) in [6.07, 6.45) is -5.23. The topological polar surface area (TPSA) is 26.3 Å². The molecule has 0 unspecified atom stereocenters. The van der Waals surface area contributed by atoms with Gasteiger partial charge in [0.1, 0.15) is 6.61 Å². The van der Waals surface area contributed by atoms with E-state index in [2.05, 4.69) is 0 Å². The summed E-state index contributed by atoms with van der Waals surface area (Å²) < 4.78 is 40.3. The van der Waals surface area contributed by atoms with Crippen molar-refractivity contribution in [3.63, 3.8) is 0 Å². The van der Waals surface area contributed by atoms with Crippen LogP contribution in [-0.4, -0.2) is 25.2 Å². The van der Waals surface area contributed by atoms with E-state index in [0.717, 1.165) is 0 Å². The fraction of sp³-hybridized carbons (Fsp3) is 0.417. The molecule has 0 spiro atoms. The first-order valence-corrected chi connectivity index (χ1v) is 5.69. The molecule has 0 saturated carbocycles. The molecular formula is C12H12ClF3O2. The van der Waals surface area contributed by atoms with Gasteiger partial charge in [-0.2, -0.15) is 13.2 Å². The van der Waals surface area contributed by atoms with Crippen molar-refractivity contribution in [3.05, 3.63) is 34.9 Å². The highest BCUT2D eigenvalue weighted by atomic mass is 35.5. The molecule has 0 fully saturated rings. The summed E-state index contributed by atoms with van der Waals surface area (Å²) >= 11 is 5.70. The van der Waals surface area contributed by atoms with Gasteiger partial charge in [0, 0.05) is 23.6 Å². The lowest BCUT2D eigenvalue weighted by Gasteiger charge is -2.06. The Morgan fingerprint density at radius 3 is 2.67 bits per heavy atom. The fourth-order valence-electron chi connectivity index (χ4n) is 1.28. The summed E-state index contributed by atoms with van der Waals surface area (Å²) in [4.78, 5) is 11.6. The van der Waals surface area contributed by atoms with Gasteiger partial charge in [0.15, 0.2) is 5.78 Å². The van der Waals surface area contributed by atoms with E-state index in [0.29, 0.717) is 10.6 Å². The molecule has 0 radical (unpaired) electrons. The van der Waals surface area contributed by atoms with Crippen LogP contribution < -0.4 is 0 Å². The summed E-state index contributed by atoms with van der Waals surface area (Å²) in [6, 6.07) is 6.32. The molecule has 18 heavy (non-hydrogen) atoms. The Morgan fingerprint density at radius 1 is 1.33 bits per heavy atom. The number of alkyl halides is 3. The van der Waals surface area contributed by atoms with Gasteiger partial charge in [0.05, 0.1) is 0 Å². The van der Waals surface area contributed by atoms with Gasteiger partial charge in [-0.1, -0.05) is 23.7 Å². The standard InChI is InChI=1S/C12H12ClF3O2/c13-10-4-1-3-9(7-10)11(17)8-18-6-2-5-12(14,15)16/h1,3-4,7H,2,5-6,8H2. The molecule has 0 amide bonds. The second kappa shape index (κ2) is 6.75. The highest BCUT2D eigenvalue weighted by Gasteiger charge is 2.25. The van der Waals surface area contributed by atoms with Gasteiger partial charge >= 0.3 is 6.18 Å². The number of hydrogen-bond donors (Lipinski definition) is 0. The first-order chi connectivity index (χ1) is 8.38. The Labute approximate surface area is 108 Å². The Kier molecular flexibility index (Phi) is 5.62. The predicted molar refractivity (Wildman–Crippen MR) is 61.9 cm³/mol. The quantitative estimate of drug-likeness (QED) is 0.584. The Bertz CT molecular complexity index is 405. The predicted octanol–water partition coefficient (Wildman–Crippen LogP) is 3.88. The van der Waals surface area contributed by atoms with Crippen molar-refractivity contribution in [2.24, 2.45) is 0 Å². The Hall–Kier alpha value is -1.07. The van der Waals surface area contributed by atoms with Crippen LogP contribution in [0.3, 0.4) is 0 Å². The fourth-order valence-corrected chi connectivity index (χ4v) is 1.48. The van der Waals surface area contributed by atoms with Crippen LogP contribution in [-0.2, 0) is 4.74 Å². The minimum atomic E-state index is -4.18. The lowest BCUT2D eigenvalue weighted by molar-refractivity contribution is -0.137. The minimum Gasteiger partial charge on any atom is -0.373 e. The molecule has 0 bridgehead atoms. The highest BCUT2D eigenvalue weighted by Crippen LogP contribution is 2.21. The van der Waals surface area contributed by atoms with Crippen molar-refractivity contribution in [2.45, 2.75) is 19.0 Å². The maximum Gasteiger partial charge on any atom is 0.389 e. The van der Waals surface area contributed by atoms with E-state index in [1.165, 1.54) is 6.07 Å². The molecule has 1 rings (SSSR count). The number of rotatable bonds is 6. The molecule has 0 aromatic heterocycles.